The Morgan fingerprint density at radius 2 is 1.90 bits per heavy atom. The van der Waals surface area contributed by atoms with Crippen LogP contribution in [0.5, 0.6) is 0 Å². The lowest BCUT2D eigenvalue weighted by atomic mass is 9.83. The molecule has 1 atom stereocenters. The van der Waals surface area contributed by atoms with Gasteiger partial charge in [-0.2, -0.15) is 0 Å². The van der Waals surface area contributed by atoms with Crippen molar-refractivity contribution in [1.29, 1.82) is 0 Å². The predicted octanol–water partition coefficient (Wildman–Crippen LogP) is 4.22. The summed E-state index contributed by atoms with van der Waals surface area (Å²) < 4.78 is 0.845. The SMILES string of the molecule is CC(C)c1nc(C2CCc3ccccc3C2)nc(N)c1Br. The van der Waals surface area contributed by atoms with Gasteiger partial charge in [-0.3, -0.25) is 0 Å². The van der Waals surface area contributed by atoms with Crippen LogP contribution in [0.1, 0.15) is 54.7 Å². The van der Waals surface area contributed by atoms with Gasteiger partial charge in [0.25, 0.3) is 0 Å². The van der Waals surface area contributed by atoms with Gasteiger partial charge in [-0.25, -0.2) is 9.97 Å². The van der Waals surface area contributed by atoms with Crippen molar-refractivity contribution >= 4 is 21.7 Å². The van der Waals surface area contributed by atoms with Crippen molar-refractivity contribution in [1.82, 2.24) is 9.97 Å². The Kier molecular flexibility index (Phi) is 3.98. The summed E-state index contributed by atoms with van der Waals surface area (Å²) in [7, 11) is 0. The molecule has 1 unspecified atom stereocenters. The van der Waals surface area contributed by atoms with Gasteiger partial charge in [0.2, 0.25) is 0 Å². The van der Waals surface area contributed by atoms with Gasteiger partial charge in [0, 0.05) is 5.92 Å². The largest absolute Gasteiger partial charge is 0.383 e. The maximum Gasteiger partial charge on any atom is 0.141 e. The van der Waals surface area contributed by atoms with Gasteiger partial charge in [0.05, 0.1) is 10.2 Å². The molecule has 1 aliphatic rings. The second-order valence-electron chi connectivity index (χ2n) is 6.03. The second-order valence-corrected chi connectivity index (χ2v) is 6.82. The van der Waals surface area contributed by atoms with Crippen molar-refractivity contribution < 1.29 is 0 Å². The zero-order valence-electron chi connectivity index (χ0n) is 12.4. The highest BCUT2D eigenvalue weighted by molar-refractivity contribution is 9.10. The molecule has 0 amide bonds. The summed E-state index contributed by atoms with van der Waals surface area (Å²) in [6, 6.07) is 8.66. The Hall–Kier alpha value is -1.42. The number of nitrogens with zero attached hydrogens (tertiary/aromatic N) is 2. The highest BCUT2D eigenvalue weighted by Gasteiger charge is 2.24. The molecule has 0 bridgehead atoms. The molecule has 110 valence electrons. The lowest BCUT2D eigenvalue weighted by Gasteiger charge is -2.24. The minimum absolute atomic E-state index is 0.333. The number of fused-ring (bicyclic) bond motifs is 1. The van der Waals surface area contributed by atoms with E-state index >= 15 is 0 Å². The van der Waals surface area contributed by atoms with Gasteiger partial charge >= 0.3 is 0 Å². The van der Waals surface area contributed by atoms with Crippen molar-refractivity contribution in [3.63, 3.8) is 0 Å². The summed E-state index contributed by atoms with van der Waals surface area (Å²) in [6.45, 7) is 4.26. The number of nitrogen functional groups attached to an aromatic ring is 1. The molecule has 0 aliphatic heterocycles. The minimum atomic E-state index is 0.333. The summed E-state index contributed by atoms with van der Waals surface area (Å²) in [5.74, 6) is 2.16. The lowest BCUT2D eigenvalue weighted by Crippen LogP contribution is -2.17. The normalized spacial score (nSPS) is 17.8. The van der Waals surface area contributed by atoms with Gasteiger partial charge in [-0.05, 0) is 52.2 Å². The fraction of sp³-hybridized carbons (Fsp3) is 0.412. The zero-order chi connectivity index (χ0) is 15.0. The maximum absolute atomic E-state index is 6.06. The minimum Gasteiger partial charge on any atom is -0.383 e. The molecule has 3 nitrogen and oxygen atoms in total. The maximum atomic E-state index is 6.06. The number of rotatable bonds is 2. The number of benzene rings is 1. The van der Waals surface area contributed by atoms with Crippen LogP contribution >= 0.6 is 15.9 Å². The first-order valence-electron chi connectivity index (χ1n) is 7.46. The quantitative estimate of drug-likeness (QED) is 0.886. The van der Waals surface area contributed by atoms with Crippen molar-refractivity contribution in [3.05, 3.63) is 51.4 Å². The van der Waals surface area contributed by atoms with Crippen LogP contribution in [-0.4, -0.2) is 9.97 Å². The van der Waals surface area contributed by atoms with E-state index in [1.54, 1.807) is 0 Å². The first-order chi connectivity index (χ1) is 10.1. The molecule has 2 aromatic rings. The third-order valence-electron chi connectivity index (χ3n) is 4.18. The van der Waals surface area contributed by atoms with E-state index in [2.05, 4.69) is 59.0 Å². The average Bonchev–Trinajstić information content (AvgIpc) is 2.49. The van der Waals surface area contributed by atoms with Gasteiger partial charge in [0.15, 0.2) is 0 Å². The smallest absolute Gasteiger partial charge is 0.141 e. The fourth-order valence-electron chi connectivity index (χ4n) is 2.98. The topological polar surface area (TPSA) is 51.8 Å². The predicted molar refractivity (Wildman–Crippen MR) is 89.4 cm³/mol. The molecular formula is C17H20BrN3. The average molecular weight is 346 g/mol. The number of aromatic nitrogens is 2. The molecule has 0 saturated heterocycles. The van der Waals surface area contributed by atoms with E-state index in [0.29, 0.717) is 17.7 Å². The van der Waals surface area contributed by atoms with Crippen LogP contribution in [0.4, 0.5) is 5.82 Å². The summed E-state index contributed by atoms with van der Waals surface area (Å²) in [5.41, 5.74) is 9.96. The van der Waals surface area contributed by atoms with Crippen LogP contribution in [0.15, 0.2) is 28.7 Å². The van der Waals surface area contributed by atoms with Gasteiger partial charge in [-0.1, -0.05) is 38.1 Å². The fourth-order valence-corrected chi connectivity index (χ4v) is 3.62. The number of hydrogen-bond acceptors (Lipinski definition) is 3. The van der Waals surface area contributed by atoms with Gasteiger partial charge < -0.3 is 5.73 Å². The van der Waals surface area contributed by atoms with Gasteiger partial charge in [0.1, 0.15) is 11.6 Å². The van der Waals surface area contributed by atoms with E-state index in [0.717, 1.165) is 35.3 Å². The van der Waals surface area contributed by atoms with Crippen LogP contribution in [0.3, 0.4) is 0 Å². The molecule has 4 heteroatoms. The molecule has 0 fully saturated rings. The number of anilines is 1. The molecule has 3 rings (SSSR count). The highest BCUT2D eigenvalue weighted by atomic mass is 79.9. The molecule has 1 aromatic heterocycles. The van der Waals surface area contributed by atoms with Crippen LogP contribution in [0.25, 0.3) is 0 Å². The van der Waals surface area contributed by atoms with Crippen LogP contribution in [0.2, 0.25) is 0 Å². The standard InChI is InChI=1S/C17H20BrN3/c1-10(2)15-14(18)16(19)21-17(20-15)13-8-7-11-5-3-4-6-12(11)9-13/h3-6,10,13H,7-9H2,1-2H3,(H2,19,20,21). The molecule has 0 saturated carbocycles. The summed E-state index contributed by atoms with van der Waals surface area (Å²) in [4.78, 5) is 9.32. The van der Waals surface area contributed by atoms with Gasteiger partial charge in [-0.15, -0.1) is 0 Å². The first kappa shape index (κ1) is 14.5. The first-order valence-corrected chi connectivity index (χ1v) is 8.25. The molecule has 1 aromatic carbocycles. The van der Waals surface area contributed by atoms with Crippen LogP contribution < -0.4 is 5.73 Å². The zero-order valence-corrected chi connectivity index (χ0v) is 14.0. The summed E-state index contributed by atoms with van der Waals surface area (Å²) in [6.07, 6.45) is 3.20. The van der Waals surface area contributed by atoms with E-state index in [1.807, 2.05) is 0 Å². The molecule has 1 aliphatic carbocycles. The monoisotopic (exact) mass is 345 g/mol. The highest BCUT2D eigenvalue weighted by Crippen LogP contribution is 2.34. The van der Waals surface area contributed by atoms with Crippen molar-refractivity contribution in [2.45, 2.75) is 44.9 Å². The Morgan fingerprint density at radius 1 is 1.19 bits per heavy atom. The Morgan fingerprint density at radius 3 is 2.62 bits per heavy atom. The molecule has 1 heterocycles. The van der Waals surface area contributed by atoms with Crippen molar-refractivity contribution in [3.8, 4) is 0 Å². The van der Waals surface area contributed by atoms with E-state index < -0.39 is 0 Å². The summed E-state index contributed by atoms with van der Waals surface area (Å²) in [5, 5.41) is 0. The Bertz CT molecular complexity index is 667. The van der Waals surface area contributed by atoms with E-state index in [1.165, 1.54) is 11.1 Å². The lowest BCUT2D eigenvalue weighted by molar-refractivity contribution is 0.550. The molecule has 21 heavy (non-hydrogen) atoms. The molecule has 0 radical (unpaired) electrons. The molecule has 2 N–H and O–H groups in total. The molecular weight excluding hydrogens is 326 g/mol. The number of halogens is 1. The number of hydrogen-bond donors (Lipinski definition) is 1. The van der Waals surface area contributed by atoms with Crippen molar-refractivity contribution in [2.75, 3.05) is 5.73 Å². The van der Waals surface area contributed by atoms with Crippen LogP contribution in [0, 0.1) is 0 Å². The second kappa shape index (κ2) is 5.76. The van der Waals surface area contributed by atoms with E-state index in [4.69, 9.17) is 10.7 Å². The molecule has 0 spiro atoms. The number of aryl methyl sites for hydroxylation is 1. The third kappa shape index (κ3) is 2.82. The van der Waals surface area contributed by atoms with Crippen LogP contribution in [-0.2, 0) is 12.8 Å². The third-order valence-corrected chi connectivity index (χ3v) is 4.99. The summed E-state index contributed by atoms with van der Waals surface area (Å²) >= 11 is 3.51. The van der Waals surface area contributed by atoms with Crippen molar-refractivity contribution in [2.24, 2.45) is 0 Å². The Balaban J connectivity index is 1.95. The Labute approximate surface area is 134 Å². The van der Waals surface area contributed by atoms with E-state index in [9.17, 15) is 0 Å². The van der Waals surface area contributed by atoms with E-state index in [-0.39, 0.29) is 0 Å². The number of nitrogens with two attached hydrogens (primary N) is 1.